The number of carbonyl (C=O) groups is 1. The molecule has 0 N–H and O–H groups in total. The van der Waals surface area contributed by atoms with E-state index in [2.05, 4.69) is 96.6 Å². The monoisotopic (exact) mass is 420 g/mol. The zero-order valence-electron chi connectivity index (χ0n) is 18.2. The minimum Gasteiger partial charge on any atom is -0.437 e. The van der Waals surface area contributed by atoms with E-state index in [-0.39, 0.29) is 0 Å². The largest absolute Gasteiger partial charge is 0.513 e. The van der Waals surface area contributed by atoms with Crippen LogP contribution in [0.5, 0.6) is 5.75 Å². The van der Waals surface area contributed by atoms with E-state index in [1.807, 2.05) is 12.1 Å². The van der Waals surface area contributed by atoms with Crippen LogP contribution in [0, 0.1) is 6.92 Å². The molecule has 0 aliphatic heterocycles. The van der Waals surface area contributed by atoms with Crippen molar-refractivity contribution in [2.24, 2.45) is 0 Å². The molecule has 4 aromatic rings. The molecule has 0 radical (unpaired) electrons. The van der Waals surface area contributed by atoms with E-state index in [0.717, 1.165) is 12.0 Å². The first-order valence-corrected chi connectivity index (χ1v) is 10.7. The van der Waals surface area contributed by atoms with Crippen molar-refractivity contribution in [3.63, 3.8) is 0 Å². The summed E-state index contributed by atoms with van der Waals surface area (Å²) in [5.41, 5.74) is 8.30. The average Bonchev–Trinajstić information content (AvgIpc) is 2.83. The molecule has 0 saturated carbocycles. The van der Waals surface area contributed by atoms with Crippen molar-refractivity contribution in [3.05, 3.63) is 136 Å². The van der Waals surface area contributed by atoms with E-state index >= 15 is 0 Å². The summed E-state index contributed by atoms with van der Waals surface area (Å²) in [5, 5.41) is 0. The number of ether oxygens (including phenoxy) is 2. The number of methoxy groups -OCH3 is 1. The van der Waals surface area contributed by atoms with Crippen molar-refractivity contribution in [3.8, 4) is 5.75 Å². The molecule has 3 nitrogen and oxygen atoms in total. The molecule has 0 aromatic heterocycles. The molecule has 4 aromatic carbocycles. The van der Waals surface area contributed by atoms with E-state index in [9.17, 15) is 4.79 Å². The summed E-state index contributed by atoms with van der Waals surface area (Å²) in [5.74, 6) is 0.456. The first-order valence-electron chi connectivity index (χ1n) is 10.7. The van der Waals surface area contributed by atoms with Gasteiger partial charge >= 0.3 is 6.16 Å². The van der Waals surface area contributed by atoms with Crippen molar-refractivity contribution in [2.75, 3.05) is 7.11 Å². The fraction of sp³-hybridized carbons (Fsp3) is 0.138. The zero-order chi connectivity index (χ0) is 22.1. The summed E-state index contributed by atoms with van der Waals surface area (Å²) in [4.78, 5) is 11.6. The van der Waals surface area contributed by atoms with Gasteiger partial charge in [-0.1, -0.05) is 90.5 Å². The Morgan fingerprint density at radius 2 is 1.22 bits per heavy atom. The number of hydrogen-bond acceptors (Lipinski definition) is 3. The Bertz CT molecular complexity index is 1230. The highest BCUT2D eigenvalue weighted by Crippen LogP contribution is 2.50. The lowest BCUT2D eigenvalue weighted by Crippen LogP contribution is -2.36. The summed E-state index contributed by atoms with van der Waals surface area (Å²) in [7, 11) is 1.30. The molecular weight excluding hydrogens is 396 g/mol. The molecule has 0 spiro atoms. The molecule has 0 atom stereocenters. The third-order valence-electron chi connectivity index (χ3n) is 6.36. The van der Waals surface area contributed by atoms with Gasteiger partial charge < -0.3 is 9.47 Å². The summed E-state index contributed by atoms with van der Waals surface area (Å²) < 4.78 is 9.87. The molecule has 158 valence electrons. The number of rotatable bonds is 3. The van der Waals surface area contributed by atoms with E-state index in [1.165, 1.54) is 40.5 Å². The second-order valence-electron chi connectivity index (χ2n) is 8.19. The predicted molar refractivity (Wildman–Crippen MR) is 125 cm³/mol. The van der Waals surface area contributed by atoms with Gasteiger partial charge in [-0.25, -0.2) is 4.79 Å². The van der Waals surface area contributed by atoms with Gasteiger partial charge in [-0.2, -0.15) is 0 Å². The Kier molecular flexibility index (Phi) is 5.02. The van der Waals surface area contributed by atoms with Gasteiger partial charge in [0.1, 0.15) is 5.75 Å². The topological polar surface area (TPSA) is 35.5 Å². The van der Waals surface area contributed by atoms with Crippen LogP contribution >= 0.6 is 0 Å². The van der Waals surface area contributed by atoms with Crippen molar-refractivity contribution < 1.29 is 14.3 Å². The predicted octanol–water partition coefficient (Wildman–Crippen LogP) is 6.43. The molecule has 3 heteroatoms. The van der Waals surface area contributed by atoms with Gasteiger partial charge in [0.25, 0.3) is 0 Å². The molecule has 5 rings (SSSR count). The second kappa shape index (κ2) is 8.01. The Morgan fingerprint density at radius 1 is 0.719 bits per heavy atom. The number of carbonyl (C=O) groups excluding carboxylic acids is 1. The molecule has 1 aliphatic rings. The molecule has 0 heterocycles. The molecule has 0 saturated heterocycles. The lowest BCUT2D eigenvalue weighted by atomic mass is 9.59. The maximum atomic E-state index is 11.6. The van der Waals surface area contributed by atoms with E-state index in [1.54, 1.807) is 0 Å². The Hall–Kier alpha value is -3.85. The molecule has 0 bridgehead atoms. The lowest BCUT2D eigenvalue weighted by Gasteiger charge is -2.42. The van der Waals surface area contributed by atoms with Gasteiger partial charge in [0.15, 0.2) is 0 Å². The number of benzene rings is 4. The highest BCUT2D eigenvalue weighted by atomic mass is 16.7. The molecule has 0 unspecified atom stereocenters. The molecule has 1 aliphatic carbocycles. The minimum absolute atomic E-state index is 0.456. The Morgan fingerprint density at radius 3 is 1.75 bits per heavy atom. The van der Waals surface area contributed by atoms with Gasteiger partial charge in [-0.15, -0.1) is 0 Å². The average molecular weight is 421 g/mol. The first-order chi connectivity index (χ1) is 15.6. The van der Waals surface area contributed by atoms with E-state index in [4.69, 9.17) is 4.74 Å². The van der Waals surface area contributed by atoms with Crippen LogP contribution < -0.4 is 4.74 Å². The molecular formula is C29H24O3. The quantitative estimate of drug-likeness (QED) is 0.249. The van der Waals surface area contributed by atoms with Gasteiger partial charge in [0.2, 0.25) is 0 Å². The normalized spacial score (nSPS) is 13.6. The van der Waals surface area contributed by atoms with Gasteiger partial charge in [-0.05, 0) is 58.9 Å². The summed E-state index contributed by atoms with van der Waals surface area (Å²) >= 11 is 0. The number of aryl methyl sites for hydroxylation is 1. The number of fused-ring (bicyclic) bond motifs is 2. The highest BCUT2D eigenvalue weighted by Gasteiger charge is 2.43. The molecule has 32 heavy (non-hydrogen) atoms. The van der Waals surface area contributed by atoms with Crippen molar-refractivity contribution >= 4 is 6.16 Å². The molecule has 0 amide bonds. The minimum atomic E-state index is -0.723. The maximum Gasteiger partial charge on any atom is 0.513 e. The van der Waals surface area contributed by atoms with E-state index < -0.39 is 11.6 Å². The van der Waals surface area contributed by atoms with Crippen LogP contribution in [-0.2, 0) is 16.6 Å². The number of hydrogen-bond donors (Lipinski definition) is 0. The van der Waals surface area contributed by atoms with Crippen LogP contribution in [0.2, 0.25) is 0 Å². The van der Waals surface area contributed by atoms with Crippen molar-refractivity contribution in [1.29, 1.82) is 0 Å². The Labute approximate surface area is 188 Å². The summed E-state index contributed by atoms with van der Waals surface area (Å²) in [6.07, 6.45) is 0.183. The maximum absolute atomic E-state index is 11.6. The third-order valence-corrected chi connectivity index (χ3v) is 6.36. The fourth-order valence-electron chi connectivity index (χ4n) is 4.93. The van der Waals surface area contributed by atoms with Gasteiger partial charge in [0.05, 0.1) is 12.5 Å². The molecule has 0 fully saturated rings. The fourth-order valence-corrected chi connectivity index (χ4v) is 4.93. The van der Waals surface area contributed by atoms with Crippen LogP contribution in [0.15, 0.2) is 97.1 Å². The van der Waals surface area contributed by atoms with Crippen LogP contribution in [0.3, 0.4) is 0 Å². The van der Waals surface area contributed by atoms with E-state index in [0.29, 0.717) is 5.75 Å². The van der Waals surface area contributed by atoms with Crippen LogP contribution in [-0.4, -0.2) is 13.3 Å². The lowest BCUT2D eigenvalue weighted by molar-refractivity contribution is 0.121. The van der Waals surface area contributed by atoms with Crippen LogP contribution in [0.1, 0.15) is 38.9 Å². The highest BCUT2D eigenvalue weighted by molar-refractivity contribution is 5.68. The van der Waals surface area contributed by atoms with Crippen molar-refractivity contribution in [2.45, 2.75) is 18.8 Å². The van der Waals surface area contributed by atoms with Crippen LogP contribution in [0.25, 0.3) is 0 Å². The van der Waals surface area contributed by atoms with Crippen LogP contribution in [0.4, 0.5) is 4.79 Å². The van der Waals surface area contributed by atoms with Gasteiger partial charge in [0, 0.05) is 0 Å². The third kappa shape index (κ3) is 3.18. The second-order valence-corrected chi connectivity index (χ2v) is 8.19. The van der Waals surface area contributed by atoms with Crippen molar-refractivity contribution in [1.82, 2.24) is 0 Å². The smallest absolute Gasteiger partial charge is 0.437 e. The Balaban J connectivity index is 1.80. The first kappa shape index (κ1) is 20.1. The SMILES string of the molecule is COC(=O)Oc1ccc(C2(c3ccc(C)cc3)c3ccccc3Cc3ccccc32)cc1. The zero-order valence-corrected chi connectivity index (χ0v) is 18.2. The standard InChI is InChI=1S/C29H24O3/c1-20-11-13-23(14-12-20)29(24-15-17-25(18-16-24)32-28(30)31-2)26-9-5-3-7-21(26)19-22-8-4-6-10-27(22)29/h3-18H,19H2,1-2H3. The van der Waals surface area contributed by atoms with Gasteiger partial charge in [-0.3, -0.25) is 0 Å². The summed E-state index contributed by atoms with van der Waals surface area (Å²) in [6.45, 7) is 2.11. The summed E-state index contributed by atoms with van der Waals surface area (Å²) in [6, 6.07) is 34.0.